The molecule has 9 heteroatoms. The molecule has 0 spiro atoms. The minimum atomic E-state index is -3.97. The molecule has 0 aliphatic carbocycles. The van der Waals surface area contributed by atoms with Crippen LogP contribution in [0, 0.1) is 0 Å². The van der Waals surface area contributed by atoms with Gasteiger partial charge in [-0.25, -0.2) is 0 Å². The monoisotopic (exact) mass is 214 g/mol. The van der Waals surface area contributed by atoms with Crippen molar-refractivity contribution in [2.45, 2.75) is 0 Å². The van der Waals surface area contributed by atoms with Gasteiger partial charge in [0.2, 0.25) is 0 Å². The molecule has 0 fully saturated rings. The van der Waals surface area contributed by atoms with E-state index >= 15 is 0 Å². The van der Waals surface area contributed by atoms with Crippen molar-refractivity contribution >= 4 is 67.7 Å². The van der Waals surface area contributed by atoms with E-state index in [1.54, 1.807) is 0 Å². The predicted octanol–water partition coefficient (Wildman–Crippen LogP) is -1.74. The summed E-state index contributed by atoms with van der Waals surface area (Å²) in [4.78, 5) is 0. The second-order valence-corrected chi connectivity index (χ2v) is 3.60. The van der Waals surface area contributed by atoms with Gasteiger partial charge in [-0.1, -0.05) is 0 Å². The molecule has 0 aliphatic rings. The fraction of sp³-hybridized carbons (Fsp3) is 0. The maximum atomic E-state index is 9.05. The first-order valence-electron chi connectivity index (χ1n) is 1.48. The summed E-state index contributed by atoms with van der Waals surface area (Å²) in [6.07, 6.45) is 0. The summed E-state index contributed by atoms with van der Waals surface area (Å²) in [7, 11) is -3.97. The summed E-state index contributed by atoms with van der Waals surface area (Å²) in [6, 6.07) is 0. The van der Waals surface area contributed by atoms with Crippen LogP contribution < -0.4 is 11.5 Å². The maximum absolute atomic E-state index is 9.05. The number of nitrogens with two attached hydrogens (primary N) is 2. The second kappa shape index (κ2) is 8.05. The first-order chi connectivity index (χ1) is 3.73. The number of thiol groups is 1. The average molecular weight is 214 g/mol. The van der Waals surface area contributed by atoms with E-state index in [1.807, 2.05) is 0 Å². The number of hydrogen-bond donors (Lipinski definition) is 4. The third kappa shape index (κ3) is 627. The van der Waals surface area contributed by atoms with Crippen LogP contribution >= 0.6 is 23.9 Å². The Balaban J connectivity index is -0.0000000910. The molecule has 0 heterocycles. The van der Waals surface area contributed by atoms with Gasteiger partial charge in [-0.2, -0.15) is 8.42 Å². The van der Waals surface area contributed by atoms with Gasteiger partial charge in [-0.3, -0.25) is 4.55 Å². The summed E-state index contributed by atoms with van der Waals surface area (Å²) in [5, 5.41) is 0.000000000000000222. The normalized spacial score (nSPS) is 8.20. The molecule has 0 unspecified atom stereocenters. The fourth-order valence-electron chi connectivity index (χ4n) is 0. The Morgan fingerprint density at radius 3 is 1.50 bits per heavy atom. The van der Waals surface area contributed by atoms with Crippen LogP contribution in [0.15, 0.2) is 0 Å². The van der Waals surface area contributed by atoms with Gasteiger partial charge in [0, 0.05) is 0 Å². The molecule has 0 aliphatic heterocycles. The summed E-state index contributed by atoms with van der Waals surface area (Å²) in [5.74, 6) is 0. The molecule has 0 amide bonds. The van der Waals surface area contributed by atoms with Crippen molar-refractivity contribution in [3.05, 3.63) is 0 Å². The Bertz CT molecular complexity index is 164. The van der Waals surface area contributed by atoms with Crippen molar-refractivity contribution in [1.29, 1.82) is 0 Å². The molecule has 0 aromatic carbocycles. The van der Waals surface area contributed by atoms with Crippen molar-refractivity contribution in [2.24, 2.45) is 11.5 Å². The summed E-state index contributed by atoms with van der Waals surface area (Å²) >= 11 is 6.74. The molecule has 0 radical (unpaired) electrons. The van der Waals surface area contributed by atoms with E-state index < -0.39 is 9.15 Å². The molecule has 0 atom stereocenters. The molecule has 0 aromatic rings. The van der Waals surface area contributed by atoms with Crippen molar-refractivity contribution in [2.75, 3.05) is 0 Å². The van der Waals surface area contributed by atoms with Crippen LogP contribution in [-0.2, 0) is 9.15 Å². The zero-order valence-corrected chi connectivity index (χ0v) is 6.71. The van der Waals surface area contributed by atoms with E-state index in [4.69, 9.17) is 13.0 Å². The molecule has 0 aromatic heterocycles. The Hall–Kier alpha value is 0.950. The fourth-order valence-corrected chi connectivity index (χ4v) is 0. The van der Waals surface area contributed by atoms with E-state index in [0.717, 1.165) is 0 Å². The SMILES string of the molecule is NC(N)=S.O=S(=O)(O)S.[NaH]. The predicted molar refractivity (Wildman–Crippen MR) is 48.7 cm³/mol. The van der Waals surface area contributed by atoms with Gasteiger partial charge in [0.25, 0.3) is 0 Å². The molecular weight excluding hydrogens is 207 g/mol. The van der Waals surface area contributed by atoms with Gasteiger partial charge in [-0.15, -0.1) is 0 Å². The van der Waals surface area contributed by atoms with Crippen LogP contribution in [0.3, 0.4) is 0 Å². The number of hydrogen-bond acceptors (Lipinski definition) is 3. The Kier molecular flexibility index (Phi) is 13.8. The first kappa shape index (κ1) is 17.2. The van der Waals surface area contributed by atoms with Gasteiger partial charge in [0.05, 0.1) is 0 Å². The average Bonchev–Trinajstić information content (AvgIpc) is 1.19. The van der Waals surface area contributed by atoms with E-state index in [9.17, 15) is 0 Å². The third-order valence-corrected chi connectivity index (χ3v) is 0. The van der Waals surface area contributed by atoms with E-state index in [2.05, 4.69) is 35.3 Å². The summed E-state index contributed by atoms with van der Waals surface area (Å²) in [6.45, 7) is 0. The van der Waals surface area contributed by atoms with Crippen molar-refractivity contribution in [3.63, 3.8) is 0 Å². The van der Waals surface area contributed by atoms with Crippen LogP contribution in [-0.4, -0.2) is 47.6 Å². The molecule has 5 N–H and O–H groups in total. The Morgan fingerprint density at radius 2 is 1.50 bits per heavy atom. The van der Waals surface area contributed by atoms with Crippen LogP contribution in [0.25, 0.3) is 0 Å². The number of rotatable bonds is 0. The molecule has 10 heavy (non-hydrogen) atoms. The zero-order valence-electron chi connectivity index (χ0n) is 4.18. The number of thiocarbonyl (C=S) groups is 1. The summed E-state index contributed by atoms with van der Waals surface area (Å²) in [5.41, 5.74) is 9.24. The molecule has 0 saturated heterocycles. The van der Waals surface area contributed by atoms with Gasteiger partial charge in [0.1, 0.15) is 0 Å². The van der Waals surface area contributed by atoms with E-state index in [1.165, 1.54) is 0 Å². The standard InChI is InChI=1S/CH4N2S.Na.H2O3S2.H/c2-1(3)4;;1-5(2,3)4;/h(H4,2,3,4);;(H2,1,2,3,4);. The van der Waals surface area contributed by atoms with Crippen molar-refractivity contribution in [1.82, 2.24) is 0 Å². The third-order valence-electron chi connectivity index (χ3n) is 0. The van der Waals surface area contributed by atoms with Crippen LogP contribution in [0.5, 0.6) is 0 Å². The van der Waals surface area contributed by atoms with Gasteiger partial charge in [0.15, 0.2) is 5.11 Å². The van der Waals surface area contributed by atoms with Gasteiger partial charge in [-0.05, 0) is 23.9 Å². The topological polar surface area (TPSA) is 106 Å². The van der Waals surface area contributed by atoms with E-state index in [-0.39, 0.29) is 34.7 Å². The first-order valence-corrected chi connectivity index (χ1v) is 4.38. The summed E-state index contributed by atoms with van der Waals surface area (Å²) < 4.78 is 25.5. The minimum absolute atomic E-state index is 0. The molecule has 5 nitrogen and oxygen atoms in total. The second-order valence-electron chi connectivity index (χ2n) is 0.850. The quantitative estimate of drug-likeness (QED) is 0.125. The zero-order chi connectivity index (χ0) is 8.08. The Morgan fingerprint density at radius 1 is 1.50 bits per heavy atom. The van der Waals surface area contributed by atoms with Gasteiger partial charge >= 0.3 is 38.7 Å². The van der Waals surface area contributed by atoms with Gasteiger partial charge < -0.3 is 11.5 Å². The molecular formula is CH7N2NaO3S3. The molecule has 0 saturated carbocycles. The molecule has 0 bridgehead atoms. The van der Waals surface area contributed by atoms with Crippen molar-refractivity contribution in [3.8, 4) is 0 Å². The molecule has 0 rings (SSSR count). The van der Waals surface area contributed by atoms with Crippen LogP contribution in [0.1, 0.15) is 0 Å². The van der Waals surface area contributed by atoms with E-state index in [0.29, 0.717) is 0 Å². The van der Waals surface area contributed by atoms with Crippen molar-refractivity contribution < 1.29 is 13.0 Å². The van der Waals surface area contributed by atoms with Crippen LogP contribution in [0.2, 0.25) is 0 Å². The molecule has 58 valence electrons. The van der Waals surface area contributed by atoms with Crippen LogP contribution in [0.4, 0.5) is 0 Å². The Labute approximate surface area is 91.4 Å².